The Balaban J connectivity index is 1.77. The Labute approximate surface area is 125 Å². The first kappa shape index (κ1) is 14.4. The third-order valence-corrected chi connectivity index (χ3v) is 5.64. The summed E-state index contributed by atoms with van der Waals surface area (Å²) >= 11 is 0. The molecule has 0 unspecified atom stereocenters. The van der Waals surface area contributed by atoms with Crippen LogP contribution in [0.2, 0.25) is 0 Å². The van der Waals surface area contributed by atoms with Gasteiger partial charge in [0.05, 0.1) is 24.3 Å². The molecule has 3 rings (SSSR count). The van der Waals surface area contributed by atoms with Gasteiger partial charge in [0.25, 0.3) is 0 Å². The minimum Gasteiger partial charge on any atom is -0.468 e. The van der Waals surface area contributed by atoms with Gasteiger partial charge in [-0.05, 0) is 24.1 Å². The van der Waals surface area contributed by atoms with Gasteiger partial charge in [0.15, 0.2) is 9.84 Å². The second kappa shape index (κ2) is 6.03. The molecule has 1 aliphatic heterocycles. The van der Waals surface area contributed by atoms with Crippen molar-refractivity contribution in [3.8, 4) is 0 Å². The number of sulfone groups is 1. The van der Waals surface area contributed by atoms with Crippen LogP contribution in [0.1, 0.15) is 17.7 Å². The summed E-state index contributed by atoms with van der Waals surface area (Å²) in [4.78, 5) is 2.21. The van der Waals surface area contributed by atoms with E-state index in [-0.39, 0.29) is 11.8 Å². The van der Waals surface area contributed by atoms with Crippen LogP contribution in [0.25, 0.3) is 0 Å². The van der Waals surface area contributed by atoms with Gasteiger partial charge in [-0.1, -0.05) is 30.3 Å². The number of nitrogens with zero attached hydrogens (tertiary/aromatic N) is 1. The molecule has 0 saturated carbocycles. The van der Waals surface area contributed by atoms with Gasteiger partial charge in [-0.25, -0.2) is 8.42 Å². The molecule has 2 heterocycles. The minimum atomic E-state index is -2.88. The number of rotatable bonds is 5. The largest absolute Gasteiger partial charge is 0.468 e. The monoisotopic (exact) mass is 305 g/mol. The van der Waals surface area contributed by atoms with Gasteiger partial charge in [-0.3, -0.25) is 4.90 Å². The van der Waals surface area contributed by atoms with E-state index < -0.39 is 9.84 Å². The average molecular weight is 305 g/mol. The van der Waals surface area contributed by atoms with E-state index in [1.807, 2.05) is 30.3 Å². The highest BCUT2D eigenvalue weighted by Crippen LogP contribution is 2.22. The fraction of sp³-hybridized carbons (Fsp3) is 0.375. The molecule has 1 aromatic heterocycles. The zero-order chi connectivity index (χ0) is 14.7. The van der Waals surface area contributed by atoms with Crippen LogP contribution in [0.4, 0.5) is 0 Å². The fourth-order valence-corrected chi connectivity index (χ4v) is 4.56. The smallest absolute Gasteiger partial charge is 0.151 e. The van der Waals surface area contributed by atoms with Crippen molar-refractivity contribution >= 4 is 9.84 Å². The minimum absolute atomic E-state index is 0.0697. The highest BCUT2D eigenvalue weighted by molar-refractivity contribution is 7.91. The van der Waals surface area contributed by atoms with Crippen molar-refractivity contribution in [2.75, 3.05) is 11.5 Å². The van der Waals surface area contributed by atoms with E-state index in [1.165, 1.54) is 5.56 Å². The first-order valence-corrected chi connectivity index (χ1v) is 8.95. The van der Waals surface area contributed by atoms with Crippen LogP contribution in [-0.4, -0.2) is 30.9 Å². The lowest BCUT2D eigenvalue weighted by molar-refractivity contribution is 0.179. The van der Waals surface area contributed by atoms with Crippen molar-refractivity contribution < 1.29 is 12.8 Å². The summed E-state index contributed by atoms with van der Waals surface area (Å²) in [5.74, 6) is 1.41. The van der Waals surface area contributed by atoms with Gasteiger partial charge in [0.2, 0.25) is 0 Å². The van der Waals surface area contributed by atoms with Crippen molar-refractivity contribution in [2.24, 2.45) is 0 Å². The predicted octanol–water partition coefficient (Wildman–Crippen LogP) is 2.47. The average Bonchev–Trinajstić information content (AvgIpc) is 3.08. The van der Waals surface area contributed by atoms with Crippen LogP contribution in [-0.2, 0) is 22.9 Å². The first-order chi connectivity index (χ1) is 10.1. The third-order valence-electron chi connectivity index (χ3n) is 3.89. The topological polar surface area (TPSA) is 50.5 Å². The standard InChI is InChI=1S/C16H19NO3S/c18-21(19)10-8-15(13-21)17(12-16-7-4-9-20-16)11-14-5-2-1-3-6-14/h1-7,9,15H,8,10-13H2/t15-/m0/s1. The SMILES string of the molecule is O=S1(=O)CC[C@H](N(Cc2ccccc2)Cc2ccco2)C1. The first-order valence-electron chi connectivity index (χ1n) is 7.13. The molecule has 1 saturated heterocycles. The van der Waals surface area contributed by atoms with E-state index in [9.17, 15) is 8.42 Å². The molecule has 0 N–H and O–H groups in total. The van der Waals surface area contributed by atoms with Crippen LogP contribution >= 0.6 is 0 Å². The molecule has 112 valence electrons. The molecule has 1 atom stereocenters. The van der Waals surface area contributed by atoms with Crippen LogP contribution in [0.15, 0.2) is 53.1 Å². The molecule has 1 aromatic carbocycles. The fourth-order valence-electron chi connectivity index (χ4n) is 2.80. The molecular weight excluding hydrogens is 286 g/mol. The maximum Gasteiger partial charge on any atom is 0.151 e. The lowest BCUT2D eigenvalue weighted by atomic mass is 10.1. The molecule has 2 aromatic rings. The molecule has 0 radical (unpaired) electrons. The van der Waals surface area contributed by atoms with E-state index in [2.05, 4.69) is 17.0 Å². The zero-order valence-corrected chi connectivity index (χ0v) is 12.6. The zero-order valence-electron chi connectivity index (χ0n) is 11.8. The molecule has 4 nitrogen and oxygen atoms in total. The third kappa shape index (κ3) is 3.74. The maximum atomic E-state index is 11.8. The number of furan rings is 1. The van der Waals surface area contributed by atoms with Crippen molar-refractivity contribution in [2.45, 2.75) is 25.6 Å². The second-order valence-corrected chi connectivity index (χ2v) is 7.76. The molecular formula is C16H19NO3S. The summed E-state index contributed by atoms with van der Waals surface area (Å²) in [6, 6.07) is 14.0. The molecule has 0 amide bonds. The van der Waals surface area contributed by atoms with E-state index in [4.69, 9.17) is 4.42 Å². The summed E-state index contributed by atoms with van der Waals surface area (Å²) in [5, 5.41) is 0. The second-order valence-electron chi connectivity index (χ2n) is 5.53. The van der Waals surface area contributed by atoms with Gasteiger partial charge >= 0.3 is 0 Å². The van der Waals surface area contributed by atoms with Crippen LogP contribution < -0.4 is 0 Å². The molecule has 5 heteroatoms. The number of benzene rings is 1. The maximum absolute atomic E-state index is 11.8. The molecule has 0 spiro atoms. The summed E-state index contributed by atoms with van der Waals surface area (Å²) in [7, 11) is -2.88. The summed E-state index contributed by atoms with van der Waals surface area (Å²) in [6.45, 7) is 1.38. The molecule has 1 fully saturated rings. The molecule has 1 aliphatic rings. The van der Waals surface area contributed by atoms with E-state index in [0.29, 0.717) is 18.7 Å². The quantitative estimate of drug-likeness (QED) is 0.851. The van der Waals surface area contributed by atoms with Crippen LogP contribution in [0.5, 0.6) is 0 Å². The van der Waals surface area contributed by atoms with E-state index >= 15 is 0 Å². The van der Waals surface area contributed by atoms with Crippen molar-refractivity contribution in [3.63, 3.8) is 0 Å². The highest BCUT2D eigenvalue weighted by atomic mass is 32.2. The van der Waals surface area contributed by atoms with Gasteiger partial charge in [-0.15, -0.1) is 0 Å². The van der Waals surface area contributed by atoms with Gasteiger partial charge < -0.3 is 4.42 Å². The Kier molecular flexibility index (Phi) is 4.12. The van der Waals surface area contributed by atoms with Gasteiger partial charge in [-0.2, -0.15) is 0 Å². The molecule has 21 heavy (non-hydrogen) atoms. The lowest BCUT2D eigenvalue weighted by Gasteiger charge is -2.27. The Morgan fingerprint density at radius 2 is 1.90 bits per heavy atom. The van der Waals surface area contributed by atoms with Gasteiger partial charge in [0, 0.05) is 12.6 Å². The van der Waals surface area contributed by atoms with Crippen molar-refractivity contribution in [1.29, 1.82) is 0 Å². The Bertz CT molecular complexity index is 665. The number of hydrogen-bond donors (Lipinski definition) is 0. The lowest BCUT2D eigenvalue weighted by Crippen LogP contribution is -2.35. The van der Waals surface area contributed by atoms with Crippen molar-refractivity contribution in [3.05, 3.63) is 60.1 Å². The Morgan fingerprint density at radius 1 is 1.10 bits per heavy atom. The highest BCUT2D eigenvalue weighted by Gasteiger charge is 2.32. The molecule has 0 bridgehead atoms. The Hall–Kier alpha value is -1.59. The molecule has 0 aliphatic carbocycles. The van der Waals surface area contributed by atoms with E-state index in [0.717, 1.165) is 12.3 Å². The predicted molar refractivity (Wildman–Crippen MR) is 81.5 cm³/mol. The van der Waals surface area contributed by atoms with Crippen LogP contribution in [0.3, 0.4) is 0 Å². The summed E-state index contributed by atoms with van der Waals surface area (Å²) in [6.07, 6.45) is 2.36. The summed E-state index contributed by atoms with van der Waals surface area (Å²) < 4.78 is 28.9. The van der Waals surface area contributed by atoms with Crippen molar-refractivity contribution in [1.82, 2.24) is 4.90 Å². The number of hydrogen-bond acceptors (Lipinski definition) is 4. The summed E-state index contributed by atoms with van der Waals surface area (Å²) in [5.41, 5.74) is 1.19. The van der Waals surface area contributed by atoms with Crippen LogP contribution in [0, 0.1) is 0 Å². The Morgan fingerprint density at radius 3 is 2.52 bits per heavy atom. The van der Waals surface area contributed by atoms with Gasteiger partial charge in [0.1, 0.15) is 5.76 Å². The normalized spacial score (nSPS) is 20.9. The van der Waals surface area contributed by atoms with E-state index in [1.54, 1.807) is 6.26 Å².